The number of nitrogens with zero attached hydrogens (tertiary/aromatic N) is 6. The summed E-state index contributed by atoms with van der Waals surface area (Å²) in [5, 5.41) is 23.8. The van der Waals surface area contributed by atoms with E-state index < -0.39 is 10.0 Å². The molecule has 0 spiro atoms. The van der Waals surface area contributed by atoms with Crippen molar-refractivity contribution in [2.75, 3.05) is 32.4 Å². The van der Waals surface area contributed by atoms with Crippen molar-refractivity contribution in [1.82, 2.24) is 45.0 Å². The summed E-state index contributed by atoms with van der Waals surface area (Å²) < 4.78 is 25.0. The molecule has 0 amide bonds. The van der Waals surface area contributed by atoms with Crippen LogP contribution in [0.15, 0.2) is 42.5 Å². The average Bonchev–Trinajstić information content (AvgIpc) is 3.57. The van der Waals surface area contributed by atoms with Gasteiger partial charge in [-0.2, -0.15) is 9.40 Å². The molecule has 3 aromatic heterocycles. The van der Waals surface area contributed by atoms with Crippen molar-refractivity contribution >= 4 is 31.8 Å². The first kappa shape index (κ1) is 21.0. The number of hydrogen-bond acceptors (Lipinski definition) is 7. The summed E-state index contributed by atoms with van der Waals surface area (Å²) in [6.45, 7) is 3.33. The minimum atomic E-state index is -3.12. The second kappa shape index (κ2) is 8.01. The first-order valence-electron chi connectivity index (χ1n) is 11.0. The lowest BCUT2D eigenvalue weighted by atomic mass is 10.1. The Hall–Kier alpha value is -3.61. The molecule has 11 nitrogen and oxygen atoms in total. The van der Waals surface area contributed by atoms with Gasteiger partial charge in [-0.25, -0.2) is 13.5 Å². The number of benzene rings is 2. The van der Waals surface area contributed by atoms with Crippen molar-refractivity contribution in [1.29, 1.82) is 0 Å². The van der Waals surface area contributed by atoms with E-state index >= 15 is 0 Å². The van der Waals surface area contributed by atoms with Crippen LogP contribution < -0.4 is 0 Å². The molecule has 1 fully saturated rings. The Morgan fingerprint density at radius 2 is 1.82 bits per heavy atom. The summed E-state index contributed by atoms with van der Waals surface area (Å²) in [6, 6.07) is 14.5. The fourth-order valence-corrected chi connectivity index (χ4v) is 5.37. The van der Waals surface area contributed by atoms with Crippen LogP contribution >= 0.6 is 0 Å². The highest BCUT2D eigenvalue weighted by Crippen LogP contribution is 2.31. The summed E-state index contributed by atoms with van der Waals surface area (Å²) >= 11 is 0. The third kappa shape index (κ3) is 3.85. The number of nitrogens with one attached hydrogen (secondary N) is 3. The van der Waals surface area contributed by atoms with E-state index in [2.05, 4.69) is 65.0 Å². The predicted molar refractivity (Wildman–Crippen MR) is 128 cm³/mol. The summed E-state index contributed by atoms with van der Waals surface area (Å²) in [5.74, 6) is 0.605. The number of hydrogen-bond donors (Lipinski definition) is 3. The molecule has 12 heteroatoms. The summed E-state index contributed by atoms with van der Waals surface area (Å²) in [4.78, 5) is 5.77. The molecule has 3 N–H and O–H groups in total. The van der Waals surface area contributed by atoms with Gasteiger partial charge >= 0.3 is 0 Å². The Labute approximate surface area is 195 Å². The van der Waals surface area contributed by atoms with E-state index in [1.54, 1.807) is 4.31 Å². The minimum absolute atomic E-state index is 0.538. The molecule has 34 heavy (non-hydrogen) atoms. The number of fused-ring (bicyclic) bond motifs is 2. The molecule has 0 radical (unpaired) electrons. The average molecular weight is 478 g/mol. The molecule has 5 aromatic rings. The molecule has 0 atom stereocenters. The van der Waals surface area contributed by atoms with E-state index in [9.17, 15) is 8.42 Å². The van der Waals surface area contributed by atoms with Crippen LogP contribution in [0.3, 0.4) is 0 Å². The lowest BCUT2D eigenvalue weighted by Crippen LogP contribution is -2.47. The van der Waals surface area contributed by atoms with Crippen LogP contribution in [0.2, 0.25) is 0 Å². The van der Waals surface area contributed by atoms with Crippen LogP contribution in [0, 0.1) is 0 Å². The number of rotatable bonds is 5. The van der Waals surface area contributed by atoms with Gasteiger partial charge in [0, 0.05) is 54.6 Å². The molecular weight excluding hydrogens is 454 g/mol. The molecule has 2 aromatic carbocycles. The molecular formula is C22H23N9O2S. The molecule has 1 aliphatic heterocycles. The van der Waals surface area contributed by atoms with Gasteiger partial charge in [-0.15, -0.1) is 5.10 Å². The van der Waals surface area contributed by atoms with Gasteiger partial charge in [0.1, 0.15) is 5.69 Å². The van der Waals surface area contributed by atoms with Crippen LogP contribution in [0.25, 0.3) is 44.6 Å². The predicted octanol–water partition coefficient (Wildman–Crippen LogP) is 1.97. The molecule has 174 valence electrons. The zero-order valence-corrected chi connectivity index (χ0v) is 19.3. The number of piperazine rings is 1. The Morgan fingerprint density at radius 3 is 2.59 bits per heavy atom. The topological polar surface area (TPSA) is 140 Å². The van der Waals surface area contributed by atoms with Crippen molar-refractivity contribution in [2.45, 2.75) is 6.54 Å². The maximum Gasteiger partial charge on any atom is 0.211 e. The zero-order chi connectivity index (χ0) is 23.3. The summed E-state index contributed by atoms with van der Waals surface area (Å²) in [7, 11) is -3.12. The van der Waals surface area contributed by atoms with Crippen LogP contribution in [0.4, 0.5) is 0 Å². The normalized spacial score (nSPS) is 16.0. The van der Waals surface area contributed by atoms with E-state index in [4.69, 9.17) is 0 Å². The standard InChI is InChI=1S/C22H23N9O2S/c1-34(32,33)31-8-6-30(7-9-31)13-14-2-5-18-16(10-14)12-20(23-18)21-17-4-3-15(11-19(17)24-25-21)22-26-28-29-27-22/h2-5,10-12,23H,6-9,13H2,1H3,(H,24,25)(H,26,27,28,29). The maximum atomic E-state index is 11.7. The van der Waals surface area contributed by atoms with E-state index in [0.717, 1.165) is 58.4 Å². The van der Waals surface area contributed by atoms with Crippen LogP contribution in [-0.4, -0.2) is 85.9 Å². The zero-order valence-electron chi connectivity index (χ0n) is 18.5. The number of H-pyrrole nitrogens is 3. The SMILES string of the molecule is CS(=O)(=O)N1CCN(Cc2ccc3[nH]c(-c4n[nH]c5cc(-c6nnn[nH]6)ccc45)cc3c2)CC1. The Kier molecular flexibility index (Phi) is 4.94. The number of tetrazole rings is 1. The Balaban J connectivity index is 1.23. The quantitative estimate of drug-likeness (QED) is 0.352. The monoisotopic (exact) mass is 477 g/mol. The molecule has 1 aliphatic rings. The second-order valence-corrected chi connectivity index (χ2v) is 10.6. The highest BCUT2D eigenvalue weighted by Gasteiger charge is 2.23. The van der Waals surface area contributed by atoms with E-state index in [1.807, 2.05) is 18.2 Å². The van der Waals surface area contributed by atoms with Gasteiger partial charge in [0.2, 0.25) is 10.0 Å². The fraction of sp³-hybridized carbons (Fsp3) is 0.273. The number of aromatic amines is 3. The van der Waals surface area contributed by atoms with Crippen LogP contribution in [0.5, 0.6) is 0 Å². The number of aromatic nitrogens is 7. The lowest BCUT2D eigenvalue weighted by Gasteiger charge is -2.33. The third-order valence-electron chi connectivity index (χ3n) is 6.33. The highest BCUT2D eigenvalue weighted by atomic mass is 32.2. The van der Waals surface area contributed by atoms with Gasteiger partial charge in [-0.05, 0) is 46.3 Å². The van der Waals surface area contributed by atoms with Crippen molar-refractivity contribution in [2.24, 2.45) is 0 Å². The van der Waals surface area contributed by atoms with Crippen molar-refractivity contribution in [3.05, 3.63) is 48.0 Å². The van der Waals surface area contributed by atoms with Crippen molar-refractivity contribution in [3.8, 4) is 22.8 Å². The van der Waals surface area contributed by atoms with Crippen molar-refractivity contribution in [3.63, 3.8) is 0 Å². The Morgan fingerprint density at radius 1 is 0.971 bits per heavy atom. The number of sulfonamides is 1. The maximum absolute atomic E-state index is 11.7. The first-order chi connectivity index (χ1) is 16.4. The molecule has 1 saturated heterocycles. The molecule has 0 saturated carbocycles. The first-order valence-corrected chi connectivity index (χ1v) is 12.8. The summed E-state index contributed by atoms with van der Waals surface area (Å²) in [6.07, 6.45) is 1.27. The van der Waals surface area contributed by atoms with Crippen LogP contribution in [0.1, 0.15) is 5.56 Å². The van der Waals surface area contributed by atoms with Crippen molar-refractivity contribution < 1.29 is 8.42 Å². The van der Waals surface area contributed by atoms with Gasteiger partial charge in [0.15, 0.2) is 5.82 Å². The smallest absolute Gasteiger partial charge is 0.211 e. The van der Waals surface area contributed by atoms with Gasteiger partial charge in [0.05, 0.1) is 17.5 Å². The second-order valence-electron chi connectivity index (χ2n) is 8.63. The molecule has 0 bridgehead atoms. The van der Waals surface area contributed by atoms with E-state index in [1.165, 1.54) is 11.8 Å². The minimum Gasteiger partial charge on any atom is -0.353 e. The highest BCUT2D eigenvalue weighted by molar-refractivity contribution is 7.88. The van der Waals surface area contributed by atoms with Crippen LogP contribution in [-0.2, 0) is 16.6 Å². The molecule has 6 rings (SSSR count). The molecule has 0 unspecified atom stereocenters. The third-order valence-corrected chi connectivity index (χ3v) is 7.63. The van der Waals surface area contributed by atoms with Gasteiger partial charge in [-0.3, -0.25) is 10.00 Å². The van der Waals surface area contributed by atoms with E-state index in [0.29, 0.717) is 18.9 Å². The summed E-state index contributed by atoms with van der Waals surface area (Å²) in [5.41, 5.74) is 5.81. The van der Waals surface area contributed by atoms with E-state index in [-0.39, 0.29) is 0 Å². The largest absolute Gasteiger partial charge is 0.353 e. The molecule has 0 aliphatic carbocycles. The van der Waals surface area contributed by atoms with Gasteiger partial charge in [0.25, 0.3) is 0 Å². The van der Waals surface area contributed by atoms with Gasteiger partial charge in [-0.1, -0.05) is 12.1 Å². The fourth-order valence-electron chi connectivity index (χ4n) is 4.54. The Bertz CT molecular complexity index is 1580. The lowest BCUT2D eigenvalue weighted by molar-refractivity contribution is 0.182. The molecule has 4 heterocycles. The van der Waals surface area contributed by atoms with Gasteiger partial charge < -0.3 is 4.98 Å².